The molecule has 0 radical (unpaired) electrons. The van der Waals surface area contributed by atoms with Crippen LogP contribution in [0.3, 0.4) is 0 Å². The van der Waals surface area contributed by atoms with E-state index in [1.54, 1.807) is 0 Å². The molecule has 0 aliphatic rings. The molecular formula is C25H39N2O2+. The minimum Gasteiger partial charge on any atom is -0.481 e. The first kappa shape index (κ1) is 23.2. The van der Waals surface area contributed by atoms with E-state index in [9.17, 15) is 4.79 Å². The maximum atomic E-state index is 10.9. The lowest BCUT2D eigenvalue weighted by molar-refractivity contribution is -0.695. The van der Waals surface area contributed by atoms with Gasteiger partial charge in [-0.1, -0.05) is 88.6 Å². The third-order valence-corrected chi connectivity index (χ3v) is 5.58. The van der Waals surface area contributed by atoms with Crippen molar-refractivity contribution in [2.24, 2.45) is 0 Å². The predicted octanol–water partition coefficient (Wildman–Crippen LogP) is 5.76. The van der Waals surface area contributed by atoms with Crippen LogP contribution in [0.2, 0.25) is 0 Å². The van der Waals surface area contributed by atoms with Gasteiger partial charge in [0.25, 0.3) is 5.82 Å². The second-order valence-electron chi connectivity index (χ2n) is 8.10. The van der Waals surface area contributed by atoms with Crippen LogP contribution in [-0.4, -0.2) is 15.6 Å². The van der Waals surface area contributed by atoms with Crippen molar-refractivity contribution in [2.45, 2.75) is 97.1 Å². The Bertz CT molecular complexity index is 694. The van der Waals surface area contributed by atoms with Crippen molar-refractivity contribution in [3.8, 4) is 0 Å². The Labute approximate surface area is 176 Å². The molecule has 2 aromatic rings. The Morgan fingerprint density at radius 3 is 2.24 bits per heavy atom. The van der Waals surface area contributed by atoms with Gasteiger partial charge in [-0.3, -0.25) is 4.79 Å². The molecule has 4 nitrogen and oxygen atoms in total. The Kier molecular flexibility index (Phi) is 11.2. The summed E-state index contributed by atoms with van der Waals surface area (Å²) >= 11 is 0. The first-order valence-corrected chi connectivity index (χ1v) is 11.5. The minimum atomic E-state index is -0.713. The Balaban J connectivity index is 1.84. The number of carboxylic acids is 1. The summed E-state index contributed by atoms with van der Waals surface area (Å²) in [6.07, 6.45) is 18.2. The van der Waals surface area contributed by atoms with Gasteiger partial charge in [0, 0.05) is 12.8 Å². The lowest BCUT2D eigenvalue weighted by Gasteiger charge is -2.06. The summed E-state index contributed by atoms with van der Waals surface area (Å²) < 4.78 is 4.59. The Morgan fingerprint density at radius 2 is 1.59 bits per heavy atom. The van der Waals surface area contributed by atoms with Crippen LogP contribution in [0, 0.1) is 0 Å². The highest BCUT2D eigenvalue weighted by atomic mass is 16.4. The zero-order valence-corrected chi connectivity index (χ0v) is 18.2. The molecule has 1 heterocycles. The van der Waals surface area contributed by atoms with Gasteiger partial charge in [0.15, 0.2) is 0 Å². The highest BCUT2D eigenvalue weighted by Crippen LogP contribution is 2.12. The quantitative estimate of drug-likeness (QED) is 0.288. The Hall–Kier alpha value is -2.10. The van der Waals surface area contributed by atoms with Gasteiger partial charge < -0.3 is 5.11 Å². The van der Waals surface area contributed by atoms with Crippen LogP contribution >= 0.6 is 0 Å². The predicted molar refractivity (Wildman–Crippen MR) is 118 cm³/mol. The van der Waals surface area contributed by atoms with E-state index in [2.05, 4.69) is 58.8 Å². The lowest BCUT2D eigenvalue weighted by Crippen LogP contribution is -2.38. The van der Waals surface area contributed by atoms with Crippen LogP contribution in [0.1, 0.15) is 88.9 Å². The fourth-order valence-corrected chi connectivity index (χ4v) is 3.91. The molecule has 160 valence electrons. The van der Waals surface area contributed by atoms with Crippen LogP contribution in [0.25, 0.3) is 0 Å². The van der Waals surface area contributed by atoms with Gasteiger partial charge in [0.1, 0.15) is 18.9 Å². The topological polar surface area (TPSA) is 46.1 Å². The number of rotatable bonds is 16. The molecule has 0 aliphatic carbocycles. The molecule has 0 unspecified atom stereocenters. The van der Waals surface area contributed by atoms with E-state index < -0.39 is 5.97 Å². The number of nitrogens with zero attached hydrogens (tertiary/aromatic N) is 2. The van der Waals surface area contributed by atoms with E-state index in [0.29, 0.717) is 6.42 Å². The number of hydrogen-bond donors (Lipinski definition) is 1. The Morgan fingerprint density at radius 1 is 0.931 bits per heavy atom. The number of unbranched alkanes of at least 4 members (excludes halogenated alkanes) is 8. The minimum absolute atomic E-state index is 0.230. The van der Waals surface area contributed by atoms with Crippen LogP contribution in [0.4, 0.5) is 0 Å². The van der Waals surface area contributed by atoms with Crippen molar-refractivity contribution in [3.05, 3.63) is 54.1 Å². The van der Waals surface area contributed by atoms with Gasteiger partial charge in [0.2, 0.25) is 0 Å². The van der Waals surface area contributed by atoms with Gasteiger partial charge in [0.05, 0.1) is 6.54 Å². The molecule has 0 saturated carbocycles. The van der Waals surface area contributed by atoms with E-state index in [0.717, 1.165) is 19.5 Å². The average Bonchev–Trinajstić information content (AvgIpc) is 3.08. The molecule has 0 fully saturated rings. The number of hydrogen-bond acceptors (Lipinski definition) is 1. The van der Waals surface area contributed by atoms with E-state index >= 15 is 0 Å². The van der Waals surface area contributed by atoms with Crippen LogP contribution < -0.4 is 4.57 Å². The second-order valence-corrected chi connectivity index (χ2v) is 8.10. The summed E-state index contributed by atoms with van der Waals surface area (Å²) in [4.78, 5) is 10.9. The van der Waals surface area contributed by atoms with E-state index in [1.165, 1.54) is 69.2 Å². The molecule has 1 aromatic carbocycles. The molecule has 4 heteroatoms. The standard InChI is InChI=1S/C25H38N2O2/c1-2-3-4-5-6-7-8-9-13-17-24-26(19-14-18-25(28)29)20-21-27(24)22-23-15-11-10-12-16-23/h10-12,15-16,20-21H,2-9,13-14,17-19,22H2,1H3/p+1. The molecular weight excluding hydrogens is 360 g/mol. The molecule has 0 aliphatic heterocycles. The summed E-state index contributed by atoms with van der Waals surface area (Å²) in [5.41, 5.74) is 1.30. The summed E-state index contributed by atoms with van der Waals surface area (Å²) in [5, 5.41) is 8.94. The van der Waals surface area contributed by atoms with E-state index in [1.807, 2.05) is 0 Å². The fourth-order valence-electron chi connectivity index (χ4n) is 3.91. The summed E-state index contributed by atoms with van der Waals surface area (Å²) in [5.74, 6) is 0.608. The summed E-state index contributed by atoms with van der Waals surface area (Å²) in [6, 6.07) is 10.5. The first-order valence-electron chi connectivity index (χ1n) is 11.5. The van der Waals surface area contributed by atoms with Gasteiger partial charge in [-0.25, -0.2) is 9.13 Å². The summed E-state index contributed by atoms with van der Waals surface area (Å²) in [7, 11) is 0. The molecule has 0 atom stereocenters. The number of carboxylic acid groups (broad SMARTS) is 1. The third kappa shape index (κ3) is 9.29. The third-order valence-electron chi connectivity index (χ3n) is 5.58. The number of imidazole rings is 1. The monoisotopic (exact) mass is 399 g/mol. The molecule has 0 amide bonds. The molecule has 0 bridgehead atoms. The zero-order chi connectivity index (χ0) is 20.7. The number of aliphatic carboxylic acids is 1. The molecule has 0 spiro atoms. The molecule has 29 heavy (non-hydrogen) atoms. The average molecular weight is 400 g/mol. The molecule has 1 aromatic heterocycles. The maximum absolute atomic E-state index is 10.9. The van der Waals surface area contributed by atoms with E-state index in [-0.39, 0.29) is 6.42 Å². The van der Waals surface area contributed by atoms with Crippen molar-refractivity contribution in [3.63, 3.8) is 0 Å². The van der Waals surface area contributed by atoms with Crippen LogP contribution in [0.15, 0.2) is 42.7 Å². The van der Waals surface area contributed by atoms with Gasteiger partial charge in [-0.05, 0) is 18.4 Å². The van der Waals surface area contributed by atoms with Crippen molar-refractivity contribution in [2.75, 3.05) is 0 Å². The highest BCUT2D eigenvalue weighted by Gasteiger charge is 2.17. The first-order chi connectivity index (χ1) is 14.2. The maximum Gasteiger partial charge on any atom is 0.303 e. The van der Waals surface area contributed by atoms with Gasteiger partial charge in [-0.15, -0.1) is 0 Å². The van der Waals surface area contributed by atoms with Crippen LogP contribution in [0.5, 0.6) is 0 Å². The highest BCUT2D eigenvalue weighted by molar-refractivity contribution is 5.66. The van der Waals surface area contributed by atoms with Gasteiger partial charge in [-0.2, -0.15) is 0 Å². The number of carbonyl (C=O) groups is 1. The SMILES string of the molecule is CCCCCCCCCCCc1n(CCCC(=O)O)cc[n+]1Cc1ccccc1. The molecule has 1 N–H and O–H groups in total. The smallest absolute Gasteiger partial charge is 0.303 e. The lowest BCUT2D eigenvalue weighted by atomic mass is 10.1. The van der Waals surface area contributed by atoms with E-state index in [4.69, 9.17) is 5.11 Å². The second kappa shape index (κ2) is 14.0. The largest absolute Gasteiger partial charge is 0.481 e. The van der Waals surface area contributed by atoms with Crippen molar-refractivity contribution < 1.29 is 14.5 Å². The number of aryl methyl sites for hydroxylation is 1. The normalized spacial score (nSPS) is 11.1. The number of benzene rings is 1. The van der Waals surface area contributed by atoms with Gasteiger partial charge >= 0.3 is 5.97 Å². The van der Waals surface area contributed by atoms with Crippen molar-refractivity contribution in [1.82, 2.24) is 4.57 Å². The molecule has 0 saturated heterocycles. The zero-order valence-electron chi connectivity index (χ0n) is 18.2. The van der Waals surface area contributed by atoms with Crippen molar-refractivity contribution in [1.29, 1.82) is 0 Å². The van der Waals surface area contributed by atoms with Crippen molar-refractivity contribution >= 4 is 5.97 Å². The summed E-state index contributed by atoms with van der Waals surface area (Å²) in [6.45, 7) is 3.92. The van der Waals surface area contributed by atoms with Crippen LogP contribution in [-0.2, 0) is 24.3 Å². The fraction of sp³-hybridized carbons (Fsp3) is 0.600. The molecule has 2 rings (SSSR count). The number of aromatic nitrogens is 2.